The summed E-state index contributed by atoms with van der Waals surface area (Å²) in [6.07, 6.45) is 1.80. The van der Waals surface area contributed by atoms with Gasteiger partial charge in [-0.3, -0.25) is 4.79 Å². The Hall–Kier alpha value is -3.09. The topological polar surface area (TPSA) is 81.6 Å². The van der Waals surface area contributed by atoms with Gasteiger partial charge < -0.3 is 18.6 Å². The molecule has 3 heterocycles. The van der Waals surface area contributed by atoms with E-state index in [4.69, 9.17) is 13.7 Å². The maximum atomic E-state index is 12.9. The maximum absolute atomic E-state index is 12.9. The second kappa shape index (κ2) is 7.88. The second-order valence-electron chi connectivity index (χ2n) is 6.91. The molecular formula is C21H23N3O4. The van der Waals surface area contributed by atoms with Crippen LogP contribution in [0.15, 0.2) is 45.3 Å². The first-order valence-electron chi connectivity index (χ1n) is 9.56. The van der Waals surface area contributed by atoms with E-state index in [0.717, 1.165) is 30.9 Å². The van der Waals surface area contributed by atoms with Crippen molar-refractivity contribution in [2.45, 2.75) is 32.6 Å². The number of benzene rings is 1. The summed E-state index contributed by atoms with van der Waals surface area (Å²) in [5.74, 6) is 3.18. The molecule has 0 radical (unpaired) electrons. The highest BCUT2D eigenvalue weighted by molar-refractivity contribution is 5.94. The minimum absolute atomic E-state index is 0.00847. The van der Waals surface area contributed by atoms with Gasteiger partial charge in [0.1, 0.15) is 11.5 Å². The average Bonchev–Trinajstić information content (AvgIpc) is 3.37. The van der Waals surface area contributed by atoms with E-state index in [1.54, 1.807) is 12.1 Å². The zero-order valence-corrected chi connectivity index (χ0v) is 16.1. The van der Waals surface area contributed by atoms with E-state index in [-0.39, 0.29) is 11.8 Å². The van der Waals surface area contributed by atoms with Gasteiger partial charge >= 0.3 is 0 Å². The molecule has 1 amide bonds. The first-order chi connectivity index (χ1) is 13.6. The summed E-state index contributed by atoms with van der Waals surface area (Å²) in [7, 11) is 0. The van der Waals surface area contributed by atoms with Crippen LogP contribution < -0.4 is 4.74 Å². The van der Waals surface area contributed by atoms with E-state index in [9.17, 15) is 4.79 Å². The molecule has 2 aromatic heterocycles. The van der Waals surface area contributed by atoms with Gasteiger partial charge in [-0.1, -0.05) is 5.16 Å². The minimum Gasteiger partial charge on any atom is -0.494 e. The predicted octanol–water partition coefficient (Wildman–Crippen LogP) is 4.06. The van der Waals surface area contributed by atoms with Gasteiger partial charge in [-0.25, -0.2) is 0 Å². The maximum Gasteiger partial charge on any atom is 0.253 e. The number of hydrogen-bond donors (Lipinski definition) is 0. The Labute approximate surface area is 163 Å². The molecule has 7 heteroatoms. The minimum atomic E-state index is 0.00847. The number of carbonyl (C=O) groups excluding carboxylic acids is 1. The fourth-order valence-electron chi connectivity index (χ4n) is 3.46. The van der Waals surface area contributed by atoms with Gasteiger partial charge in [-0.05, 0) is 63.1 Å². The molecule has 0 bridgehead atoms. The molecule has 146 valence electrons. The van der Waals surface area contributed by atoms with Crippen molar-refractivity contribution in [1.29, 1.82) is 0 Å². The van der Waals surface area contributed by atoms with Crippen LogP contribution in [0.3, 0.4) is 0 Å². The number of piperidine rings is 1. The van der Waals surface area contributed by atoms with Gasteiger partial charge in [0, 0.05) is 18.7 Å². The number of aryl methyl sites for hydroxylation is 1. The van der Waals surface area contributed by atoms with Crippen molar-refractivity contribution >= 4 is 5.91 Å². The third-order valence-corrected chi connectivity index (χ3v) is 4.87. The van der Waals surface area contributed by atoms with Crippen molar-refractivity contribution < 1.29 is 18.5 Å². The third-order valence-electron chi connectivity index (χ3n) is 4.87. The van der Waals surface area contributed by atoms with Gasteiger partial charge in [-0.15, -0.1) is 0 Å². The first-order valence-corrected chi connectivity index (χ1v) is 9.56. The molecule has 0 saturated carbocycles. The number of nitrogens with zero attached hydrogens (tertiary/aromatic N) is 3. The molecule has 1 aliphatic rings. The van der Waals surface area contributed by atoms with E-state index < -0.39 is 0 Å². The fourth-order valence-corrected chi connectivity index (χ4v) is 3.46. The van der Waals surface area contributed by atoms with Crippen LogP contribution in [0, 0.1) is 6.92 Å². The summed E-state index contributed by atoms with van der Waals surface area (Å²) in [4.78, 5) is 19.2. The van der Waals surface area contributed by atoms with Crippen LogP contribution >= 0.6 is 0 Å². The summed E-state index contributed by atoms with van der Waals surface area (Å²) in [6, 6.07) is 11.0. The molecule has 1 fully saturated rings. The van der Waals surface area contributed by atoms with Gasteiger partial charge in [0.25, 0.3) is 5.91 Å². The monoisotopic (exact) mass is 381 g/mol. The number of amides is 1. The van der Waals surface area contributed by atoms with Crippen molar-refractivity contribution in [2.75, 3.05) is 19.7 Å². The molecule has 7 nitrogen and oxygen atoms in total. The fraction of sp³-hybridized carbons (Fsp3) is 0.381. The highest BCUT2D eigenvalue weighted by Crippen LogP contribution is 2.29. The molecule has 1 atom stereocenters. The normalized spacial score (nSPS) is 16.9. The van der Waals surface area contributed by atoms with Crippen LogP contribution in [-0.4, -0.2) is 40.6 Å². The smallest absolute Gasteiger partial charge is 0.253 e. The zero-order chi connectivity index (χ0) is 19.5. The number of ether oxygens (including phenoxy) is 1. The van der Waals surface area contributed by atoms with Gasteiger partial charge in [0.05, 0.1) is 12.5 Å². The lowest BCUT2D eigenvalue weighted by Crippen LogP contribution is -2.39. The molecule has 1 aliphatic heterocycles. The van der Waals surface area contributed by atoms with E-state index in [1.165, 1.54) is 0 Å². The number of aromatic nitrogens is 2. The van der Waals surface area contributed by atoms with Crippen molar-refractivity contribution in [3.8, 4) is 17.3 Å². The Kier molecular flexibility index (Phi) is 5.14. The average molecular weight is 381 g/mol. The van der Waals surface area contributed by atoms with Crippen LogP contribution in [0.4, 0.5) is 0 Å². The largest absolute Gasteiger partial charge is 0.494 e. The van der Waals surface area contributed by atoms with Crippen LogP contribution in [0.25, 0.3) is 11.6 Å². The Balaban J connectivity index is 1.45. The van der Waals surface area contributed by atoms with Crippen LogP contribution in [0.5, 0.6) is 5.75 Å². The molecule has 0 N–H and O–H groups in total. The lowest BCUT2D eigenvalue weighted by atomic mass is 9.97. The van der Waals surface area contributed by atoms with Crippen LogP contribution in [-0.2, 0) is 0 Å². The third kappa shape index (κ3) is 3.78. The van der Waals surface area contributed by atoms with Crippen molar-refractivity contribution in [3.05, 3.63) is 53.6 Å². The highest BCUT2D eigenvalue weighted by Gasteiger charge is 2.29. The summed E-state index contributed by atoms with van der Waals surface area (Å²) in [6.45, 7) is 5.69. The number of likely N-dealkylation sites (tertiary alicyclic amines) is 1. The van der Waals surface area contributed by atoms with Crippen molar-refractivity contribution in [2.24, 2.45) is 0 Å². The molecule has 1 aromatic carbocycles. The molecule has 0 spiro atoms. The lowest BCUT2D eigenvalue weighted by molar-refractivity contribution is 0.0695. The summed E-state index contributed by atoms with van der Waals surface area (Å²) < 4.78 is 16.5. The van der Waals surface area contributed by atoms with Crippen molar-refractivity contribution in [1.82, 2.24) is 15.0 Å². The summed E-state index contributed by atoms with van der Waals surface area (Å²) >= 11 is 0. The van der Waals surface area contributed by atoms with Crippen LogP contribution in [0.1, 0.15) is 47.7 Å². The Morgan fingerprint density at radius 2 is 2.07 bits per heavy atom. The standard InChI is InChI=1S/C21H23N3O4/c1-3-26-17-9-7-15(8-10-17)21(25)24-12-4-5-16(13-24)20-22-19(23-28-20)18-11-6-14(2)27-18/h6-11,16H,3-5,12-13H2,1-2H3/t16-/m1/s1. The van der Waals surface area contributed by atoms with Crippen molar-refractivity contribution in [3.63, 3.8) is 0 Å². The van der Waals surface area contributed by atoms with Gasteiger partial charge in [-0.2, -0.15) is 4.98 Å². The summed E-state index contributed by atoms with van der Waals surface area (Å²) in [5, 5.41) is 4.03. The molecular weight excluding hydrogens is 358 g/mol. The van der Waals surface area contributed by atoms with E-state index in [1.807, 2.05) is 43.0 Å². The number of hydrogen-bond acceptors (Lipinski definition) is 6. The molecule has 3 aromatic rings. The van der Waals surface area contributed by atoms with Crippen LogP contribution in [0.2, 0.25) is 0 Å². The Morgan fingerprint density at radius 3 is 2.79 bits per heavy atom. The first kappa shape index (κ1) is 18.3. The van der Waals surface area contributed by atoms with Gasteiger partial charge in [0.2, 0.25) is 11.7 Å². The zero-order valence-electron chi connectivity index (χ0n) is 16.1. The molecule has 28 heavy (non-hydrogen) atoms. The SMILES string of the molecule is CCOc1ccc(C(=O)N2CCC[C@@H](c3nc(-c4ccc(C)o4)no3)C2)cc1. The predicted molar refractivity (Wildman–Crippen MR) is 102 cm³/mol. The van der Waals surface area contributed by atoms with Gasteiger partial charge in [0.15, 0.2) is 5.76 Å². The quantitative estimate of drug-likeness (QED) is 0.663. The molecule has 0 aliphatic carbocycles. The number of carbonyl (C=O) groups is 1. The summed E-state index contributed by atoms with van der Waals surface area (Å²) in [5.41, 5.74) is 0.654. The molecule has 1 saturated heterocycles. The molecule has 4 rings (SSSR count). The van der Waals surface area contributed by atoms with E-state index in [0.29, 0.717) is 36.2 Å². The number of furan rings is 1. The highest BCUT2D eigenvalue weighted by atomic mass is 16.5. The molecule has 0 unspecified atom stereocenters. The lowest BCUT2D eigenvalue weighted by Gasteiger charge is -2.31. The Morgan fingerprint density at radius 1 is 1.25 bits per heavy atom. The second-order valence-corrected chi connectivity index (χ2v) is 6.91. The van der Waals surface area contributed by atoms with E-state index >= 15 is 0 Å². The van der Waals surface area contributed by atoms with E-state index in [2.05, 4.69) is 10.1 Å². The Bertz CT molecular complexity index is 945. The number of rotatable bonds is 5.